The minimum absolute atomic E-state index is 0. The summed E-state index contributed by atoms with van der Waals surface area (Å²) in [5.74, 6) is 0.246. The van der Waals surface area contributed by atoms with Crippen LogP contribution in [-0.4, -0.2) is 21.0 Å². The fraction of sp³-hybridized carbons (Fsp3) is 0.333. The summed E-state index contributed by atoms with van der Waals surface area (Å²) in [7, 11) is 0. The van der Waals surface area contributed by atoms with Gasteiger partial charge in [-0.3, -0.25) is 0 Å². The SMILES string of the molecule is O=P([O-])([O-])SCCNCc1cccc2nsnc12.[Na+].[Na+]. The van der Waals surface area contributed by atoms with Crippen LogP contribution in [-0.2, 0) is 11.1 Å². The molecule has 2 aromatic rings. The molecule has 0 radical (unpaired) electrons. The summed E-state index contributed by atoms with van der Waals surface area (Å²) in [6, 6.07) is 5.73. The number of nitrogens with zero attached hydrogens (tertiary/aromatic N) is 2. The van der Waals surface area contributed by atoms with Crippen LogP contribution in [0.3, 0.4) is 0 Å². The van der Waals surface area contributed by atoms with Crippen molar-refractivity contribution in [1.82, 2.24) is 14.1 Å². The Morgan fingerprint density at radius 2 is 2.05 bits per heavy atom. The topological polar surface area (TPSA) is 101 Å². The third-order valence-electron chi connectivity index (χ3n) is 2.21. The Kier molecular flexibility index (Phi) is 11.1. The van der Waals surface area contributed by atoms with Crippen LogP contribution in [0.1, 0.15) is 5.56 Å². The van der Waals surface area contributed by atoms with Crippen LogP contribution >= 0.6 is 29.9 Å². The van der Waals surface area contributed by atoms with Crippen LogP contribution in [0.4, 0.5) is 0 Å². The summed E-state index contributed by atoms with van der Waals surface area (Å²) >= 11 is 1.59. The molecule has 2 rings (SSSR count). The van der Waals surface area contributed by atoms with Crippen LogP contribution in [0.15, 0.2) is 18.2 Å². The van der Waals surface area contributed by atoms with E-state index in [9.17, 15) is 14.4 Å². The Balaban J connectivity index is 0.00000180. The molecule has 1 N–H and O–H groups in total. The molecule has 0 atom stereocenters. The van der Waals surface area contributed by atoms with Gasteiger partial charge >= 0.3 is 59.1 Å². The minimum atomic E-state index is -4.45. The van der Waals surface area contributed by atoms with Crippen LogP contribution in [0.5, 0.6) is 0 Å². The number of fused-ring (bicyclic) bond motifs is 1. The number of hydrogen-bond donors (Lipinski definition) is 1. The normalized spacial score (nSPS) is 10.9. The monoisotopic (exact) mass is 349 g/mol. The molecule has 0 aliphatic heterocycles. The van der Waals surface area contributed by atoms with E-state index in [-0.39, 0.29) is 64.9 Å². The summed E-state index contributed by atoms with van der Waals surface area (Å²) < 4.78 is 18.7. The molecule has 1 aromatic heterocycles. The molecule has 0 bridgehead atoms. The quantitative estimate of drug-likeness (QED) is 0.315. The Hall–Kier alpha value is 1.50. The van der Waals surface area contributed by atoms with E-state index in [1.54, 1.807) is 0 Å². The molecule has 0 amide bonds. The van der Waals surface area contributed by atoms with E-state index >= 15 is 0 Å². The summed E-state index contributed by atoms with van der Waals surface area (Å²) in [4.78, 5) is 20.8. The van der Waals surface area contributed by atoms with Crippen molar-refractivity contribution in [2.75, 3.05) is 12.3 Å². The van der Waals surface area contributed by atoms with Gasteiger partial charge in [0.2, 0.25) is 0 Å². The first-order valence-corrected chi connectivity index (χ1v) is 9.00. The molecule has 0 saturated carbocycles. The number of hydrogen-bond acceptors (Lipinski definition) is 8. The van der Waals surface area contributed by atoms with E-state index in [0.29, 0.717) is 24.5 Å². The number of rotatable bonds is 6. The maximum atomic E-state index is 10.4. The molecule has 1 heterocycles. The summed E-state index contributed by atoms with van der Waals surface area (Å²) in [5, 5.41) is 3.07. The first-order chi connectivity index (χ1) is 8.56. The second-order valence-corrected chi connectivity index (χ2v) is 7.71. The Labute approximate surface area is 169 Å². The second-order valence-electron chi connectivity index (χ2n) is 3.51. The van der Waals surface area contributed by atoms with E-state index in [4.69, 9.17) is 0 Å². The van der Waals surface area contributed by atoms with Gasteiger partial charge in [0, 0.05) is 18.8 Å². The molecule has 6 nitrogen and oxygen atoms in total. The Morgan fingerprint density at radius 3 is 2.75 bits per heavy atom. The molecule has 0 fully saturated rings. The van der Waals surface area contributed by atoms with Gasteiger partial charge in [0.1, 0.15) is 11.0 Å². The van der Waals surface area contributed by atoms with Crippen molar-refractivity contribution in [3.8, 4) is 0 Å². The van der Waals surface area contributed by atoms with Crippen LogP contribution in [0.2, 0.25) is 0 Å². The van der Waals surface area contributed by atoms with E-state index < -0.39 is 6.80 Å². The molecule has 0 unspecified atom stereocenters. The van der Waals surface area contributed by atoms with Gasteiger partial charge < -0.3 is 19.7 Å². The van der Waals surface area contributed by atoms with Gasteiger partial charge in [0.05, 0.1) is 11.7 Å². The van der Waals surface area contributed by atoms with Gasteiger partial charge in [0.25, 0.3) is 0 Å². The molecule has 0 aliphatic carbocycles. The van der Waals surface area contributed by atoms with Gasteiger partial charge in [-0.25, -0.2) is 0 Å². The molecule has 11 heteroatoms. The first kappa shape index (κ1) is 21.5. The molecule has 20 heavy (non-hydrogen) atoms. The van der Waals surface area contributed by atoms with Crippen molar-refractivity contribution in [3.63, 3.8) is 0 Å². The van der Waals surface area contributed by atoms with E-state index in [0.717, 1.165) is 28.3 Å². The molecule has 1 aromatic carbocycles. The molecule has 0 saturated heterocycles. The number of nitrogens with one attached hydrogen (secondary N) is 1. The largest absolute Gasteiger partial charge is 1.00 e. The minimum Gasteiger partial charge on any atom is -0.803 e. The maximum absolute atomic E-state index is 10.4. The van der Waals surface area contributed by atoms with Crippen molar-refractivity contribution in [1.29, 1.82) is 0 Å². The number of aromatic nitrogens is 2. The molecular weight excluding hydrogens is 339 g/mol. The predicted octanol–water partition coefficient (Wildman–Crippen LogP) is -5.65. The van der Waals surface area contributed by atoms with Gasteiger partial charge in [-0.1, -0.05) is 12.1 Å². The van der Waals surface area contributed by atoms with Gasteiger partial charge in [-0.15, -0.1) is 11.4 Å². The fourth-order valence-electron chi connectivity index (χ4n) is 1.46. The molecular formula is C9H10N3Na2O3PS2. The third kappa shape index (κ3) is 7.17. The fourth-order valence-corrected chi connectivity index (χ4v) is 3.43. The average molecular weight is 349 g/mol. The first-order valence-electron chi connectivity index (χ1n) is 5.14. The molecule has 98 valence electrons. The Bertz CT molecular complexity index is 580. The standard InChI is InChI=1S/C9H12N3O3PS2.2Na/c13-16(14,15)17-5-4-10-6-7-2-1-3-8-9(7)12-18-11-8;;/h1-3,10H,4-6H2,(H2,13,14,15);;/q;2*+1/p-2. The summed E-state index contributed by atoms with van der Waals surface area (Å²) in [6.45, 7) is -3.42. The van der Waals surface area contributed by atoms with Crippen molar-refractivity contribution in [2.24, 2.45) is 0 Å². The average Bonchev–Trinajstić information content (AvgIpc) is 2.75. The van der Waals surface area contributed by atoms with Crippen molar-refractivity contribution in [2.45, 2.75) is 6.54 Å². The van der Waals surface area contributed by atoms with E-state index in [2.05, 4.69) is 14.1 Å². The van der Waals surface area contributed by atoms with E-state index in [1.165, 1.54) is 0 Å². The van der Waals surface area contributed by atoms with Crippen LogP contribution < -0.4 is 74.2 Å². The van der Waals surface area contributed by atoms with E-state index in [1.807, 2.05) is 18.2 Å². The third-order valence-corrected chi connectivity index (χ3v) is 4.96. The van der Waals surface area contributed by atoms with Crippen molar-refractivity contribution < 1.29 is 73.5 Å². The van der Waals surface area contributed by atoms with Crippen LogP contribution in [0, 0.1) is 0 Å². The maximum Gasteiger partial charge on any atom is 1.00 e. The van der Waals surface area contributed by atoms with Gasteiger partial charge in [-0.05, 0) is 18.4 Å². The number of benzene rings is 1. The smallest absolute Gasteiger partial charge is 0.803 e. The van der Waals surface area contributed by atoms with Gasteiger partial charge in [-0.2, -0.15) is 8.75 Å². The van der Waals surface area contributed by atoms with Gasteiger partial charge in [0.15, 0.2) is 0 Å². The zero-order chi connectivity index (χ0) is 13.0. The predicted molar refractivity (Wildman–Crippen MR) is 69.2 cm³/mol. The van der Waals surface area contributed by atoms with Crippen LogP contribution in [0.25, 0.3) is 11.0 Å². The zero-order valence-corrected chi connectivity index (χ0v) is 17.8. The Morgan fingerprint density at radius 1 is 1.30 bits per heavy atom. The molecule has 0 aliphatic rings. The zero-order valence-electron chi connectivity index (χ0n) is 11.2. The van der Waals surface area contributed by atoms with Crippen molar-refractivity contribution >= 4 is 40.9 Å². The molecule has 0 spiro atoms. The summed E-state index contributed by atoms with van der Waals surface area (Å²) in [5.41, 5.74) is 2.73. The second kappa shape index (κ2) is 10.3. The summed E-state index contributed by atoms with van der Waals surface area (Å²) in [6.07, 6.45) is 0. The van der Waals surface area contributed by atoms with Crippen molar-refractivity contribution in [3.05, 3.63) is 23.8 Å².